The number of thiazole rings is 1. The second-order valence-corrected chi connectivity index (χ2v) is 8.13. The van der Waals surface area contributed by atoms with Crippen LogP contribution in [0.4, 0.5) is 5.13 Å². The quantitative estimate of drug-likeness (QED) is 0.362. The van der Waals surface area contributed by atoms with E-state index in [0.717, 1.165) is 22.4 Å². The molecule has 0 spiro atoms. The van der Waals surface area contributed by atoms with Crippen LogP contribution in [-0.2, 0) is 27.3 Å². The molecule has 1 amide bonds. The van der Waals surface area contributed by atoms with E-state index in [1.807, 2.05) is 41.8 Å². The molecule has 0 atom stereocenters. The van der Waals surface area contributed by atoms with Crippen LogP contribution in [0.5, 0.6) is 11.5 Å². The Kier molecular flexibility index (Phi) is 7.07. The first kappa shape index (κ1) is 23.2. The lowest BCUT2D eigenvalue weighted by Crippen LogP contribution is -2.23. The molecule has 176 valence electrons. The number of aryl methyl sites for hydroxylation is 1. The summed E-state index contributed by atoms with van der Waals surface area (Å²) in [5.74, 6) is 1.09. The largest absolute Gasteiger partial charge is 0.497 e. The highest BCUT2D eigenvalue weighted by molar-refractivity contribution is 7.14. The van der Waals surface area contributed by atoms with E-state index >= 15 is 0 Å². The Morgan fingerprint density at radius 3 is 2.68 bits per heavy atom. The summed E-state index contributed by atoms with van der Waals surface area (Å²) in [5, 5.41) is 4.85. The smallest absolute Gasteiger partial charge is 0.326 e. The number of nitrogens with one attached hydrogen (secondary N) is 1. The van der Waals surface area contributed by atoms with Gasteiger partial charge >= 0.3 is 5.97 Å². The number of ether oxygens (including phenoxy) is 3. The third kappa shape index (κ3) is 5.01. The van der Waals surface area contributed by atoms with Crippen molar-refractivity contribution in [1.29, 1.82) is 0 Å². The Morgan fingerprint density at radius 1 is 1.09 bits per heavy atom. The number of hydrogen-bond acceptors (Lipinski definition) is 8. The van der Waals surface area contributed by atoms with Crippen LogP contribution in [0.2, 0.25) is 0 Å². The lowest BCUT2D eigenvalue weighted by Gasteiger charge is -2.09. The van der Waals surface area contributed by atoms with Crippen molar-refractivity contribution in [3.8, 4) is 22.8 Å². The Morgan fingerprint density at radius 2 is 1.91 bits per heavy atom. The number of methoxy groups -OCH3 is 2. The van der Waals surface area contributed by atoms with Gasteiger partial charge in [-0.05, 0) is 30.3 Å². The van der Waals surface area contributed by atoms with E-state index in [-0.39, 0.29) is 6.54 Å². The molecular formula is C24H24N4O5S. The summed E-state index contributed by atoms with van der Waals surface area (Å²) < 4.78 is 17.7. The predicted octanol–water partition coefficient (Wildman–Crippen LogP) is 3.92. The van der Waals surface area contributed by atoms with Crippen molar-refractivity contribution < 1.29 is 23.8 Å². The molecule has 0 aliphatic carbocycles. The molecule has 0 aliphatic heterocycles. The van der Waals surface area contributed by atoms with Gasteiger partial charge in [-0.25, -0.2) is 9.97 Å². The molecule has 2 aromatic heterocycles. The van der Waals surface area contributed by atoms with Crippen LogP contribution in [0, 0.1) is 0 Å². The third-order valence-electron chi connectivity index (χ3n) is 5.13. The standard InChI is InChI=1S/C24H24N4O5S/c1-4-21-25-17-7-5-6-8-19(17)28(21)12-23(30)33-13-22(29)27-24-26-18(14-34-24)16-11-15(31-2)9-10-20(16)32-3/h5-11,14H,4,12-13H2,1-3H3,(H,26,27,29). The van der Waals surface area contributed by atoms with Gasteiger partial charge in [0.1, 0.15) is 23.9 Å². The maximum absolute atomic E-state index is 12.4. The topological polar surface area (TPSA) is 105 Å². The van der Waals surface area contributed by atoms with Crippen LogP contribution in [0.1, 0.15) is 12.7 Å². The van der Waals surface area contributed by atoms with Crippen molar-refractivity contribution in [3.05, 3.63) is 53.7 Å². The van der Waals surface area contributed by atoms with Gasteiger partial charge < -0.3 is 18.8 Å². The van der Waals surface area contributed by atoms with Crippen molar-refractivity contribution in [2.24, 2.45) is 0 Å². The number of hydrogen-bond donors (Lipinski definition) is 1. The molecule has 1 N–H and O–H groups in total. The van der Waals surface area contributed by atoms with Gasteiger partial charge in [-0.15, -0.1) is 11.3 Å². The molecule has 0 saturated heterocycles. The van der Waals surface area contributed by atoms with Gasteiger partial charge in [0.2, 0.25) is 0 Å². The van der Waals surface area contributed by atoms with Crippen molar-refractivity contribution >= 4 is 39.4 Å². The summed E-state index contributed by atoms with van der Waals surface area (Å²) in [6.07, 6.45) is 0.674. The zero-order valence-corrected chi connectivity index (χ0v) is 19.8. The van der Waals surface area contributed by atoms with Crippen molar-refractivity contribution in [3.63, 3.8) is 0 Å². The van der Waals surface area contributed by atoms with Gasteiger partial charge in [-0.3, -0.25) is 14.9 Å². The highest BCUT2D eigenvalue weighted by Crippen LogP contribution is 2.35. The van der Waals surface area contributed by atoms with Crippen molar-refractivity contribution in [2.45, 2.75) is 19.9 Å². The fourth-order valence-electron chi connectivity index (χ4n) is 3.52. The van der Waals surface area contributed by atoms with Gasteiger partial charge in [0, 0.05) is 17.4 Å². The highest BCUT2D eigenvalue weighted by atomic mass is 32.1. The number of fused-ring (bicyclic) bond motifs is 1. The summed E-state index contributed by atoms with van der Waals surface area (Å²) in [6, 6.07) is 13.0. The van der Waals surface area contributed by atoms with E-state index in [9.17, 15) is 9.59 Å². The number of benzene rings is 2. The van der Waals surface area contributed by atoms with Crippen LogP contribution < -0.4 is 14.8 Å². The van der Waals surface area contributed by atoms with Crippen LogP contribution in [-0.4, -0.2) is 47.2 Å². The minimum Gasteiger partial charge on any atom is -0.497 e. The highest BCUT2D eigenvalue weighted by Gasteiger charge is 2.16. The lowest BCUT2D eigenvalue weighted by molar-refractivity contribution is -0.147. The number of imidazole rings is 1. The Bertz CT molecular complexity index is 1330. The van der Waals surface area contributed by atoms with E-state index in [1.165, 1.54) is 11.3 Å². The Labute approximate surface area is 200 Å². The van der Waals surface area contributed by atoms with Crippen molar-refractivity contribution in [1.82, 2.24) is 14.5 Å². The van der Waals surface area contributed by atoms with Crippen LogP contribution in [0.15, 0.2) is 47.8 Å². The van der Waals surface area contributed by atoms with Gasteiger partial charge in [-0.2, -0.15) is 0 Å². The number of carbonyl (C=O) groups is 2. The molecule has 0 fully saturated rings. The number of nitrogens with zero attached hydrogens (tertiary/aromatic N) is 3. The second-order valence-electron chi connectivity index (χ2n) is 7.27. The summed E-state index contributed by atoms with van der Waals surface area (Å²) in [7, 11) is 3.16. The zero-order chi connectivity index (χ0) is 24.1. The Hall–Kier alpha value is -3.92. The van der Waals surface area contributed by atoms with Crippen molar-refractivity contribution in [2.75, 3.05) is 26.1 Å². The minimum absolute atomic E-state index is 0.0198. The first-order valence-electron chi connectivity index (χ1n) is 10.6. The van der Waals surface area contributed by atoms with Crippen LogP contribution in [0.3, 0.4) is 0 Å². The number of rotatable bonds is 9. The maximum Gasteiger partial charge on any atom is 0.326 e. The Balaban J connectivity index is 1.37. The molecule has 34 heavy (non-hydrogen) atoms. The molecule has 10 heteroatoms. The van der Waals surface area contributed by atoms with Gasteiger partial charge in [0.05, 0.1) is 30.9 Å². The van der Waals surface area contributed by atoms with E-state index in [2.05, 4.69) is 15.3 Å². The van der Waals surface area contributed by atoms with E-state index in [1.54, 1.807) is 31.7 Å². The van der Waals surface area contributed by atoms with Gasteiger partial charge in [0.15, 0.2) is 11.7 Å². The third-order valence-corrected chi connectivity index (χ3v) is 5.89. The molecule has 9 nitrogen and oxygen atoms in total. The van der Waals surface area contributed by atoms with Gasteiger partial charge in [-0.1, -0.05) is 19.1 Å². The lowest BCUT2D eigenvalue weighted by atomic mass is 10.1. The number of amides is 1. The number of esters is 1. The summed E-state index contributed by atoms with van der Waals surface area (Å²) in [5.41, 5.74) is 3.04. The molecular weight excluding hydrogens is 456 g/mol. The number of carbonyl (C=O) groups excluding carboxylic acids is 2. The average molecular weight is 481 g/mol. The molecule has 0 unspecified atom stereocenters. The SMILES string of the molecule is CCc1nc2ccccc2n1CC(=O)OCC(=O)Nc1nc(-c2cc(OC)ccc2OC)cs1. The second kappa shape index (κ2) is 10.3. The molecule has 4 rings (SSSR count). The average Bonchev–Trinajstić information content (AvgIpc) is 3.47. The summed E-state index contributed by atoms with van der Waals surface area (Å²) in [4.78, 5) is 33.7. The molecule has 4 aromatic rings. The van der Waals surface area contributed by atoms with E-state index in [4.69, 9.17) is 14.2 Å². The first-order chi connectivity index (χ1) is 16.5. The van der Waals surface area contributed by atoms with Gasteiger partial charge in [0.25, 0.3) is 5.91 Å². The number of para-hydroxylation sites is 2. The van der Waals surface area contributed by atoms with E-state index in [0.29, 0.717) is 28.7 Å². The van der Waals surface area contributed by atoms with Crippen LogP contribution in [0.25, 0.3) is 22.3 Å². The molecule has 2 aromatic carbocycles. The molecule has 0 aliphatic rings. The summed E-state index contributed by atoms with van der Waals surface area (Å²) >= 11 is 1.26. The molecule has 2 heterocycles. The minimum atomic E-state index is -0.519. The molecule has 0 bridgehead atoms. The zero-order valence-electron chi connectivity index (χ0n) is 19.0. The monoisotopic (exact) mass is 480 g/mol. The normalized spacial score (nSPS) is 10.8. The predicted molar refractivity (Wildman–Crippen MR) is 129 cm³/mol. The summed E-state index contributed by atoms with van der Waals surface area (Å²) in [6.45, 7) is 1.54. The number of aromatic nitrogens is 3. The maximum atomic E-state index is 12.4. The number of anilines is 1. The fraction of sp³-hybridized carbons (Fsp3) is 0.250. The van der Waals surface area contributed by atoms with Crippen LogP contribution >= 0.6 is 11.3 Å². The fourth-order valence-corrected chi connectivity index (χ4v) is 4.24. The molecule has 0 saturated carbocycles. The van der Waals surface area contributed by atoms with E-state index < -0.39 is 18.5 Å². The first-order valence-corrected chi connectivity index (χ1v) is 11.5. The molecule has 0 radical (unpaired) electrons.